The summed E-state index contributed by atoms with van der Waals surface area (Å²) in [5.41, 5.74) is -3.06. The van der Waals surface area contributed by atoms with Crippen molar-refractivity contribution in [2.45, 2.75) is 30.5 Å². The number of amides is 1. The number of aliphatic hydroxyl groups excluding tert-OH is 3. The zero-order valence-corrected chi connectivity index (χ0v) is 19.2. The van der Waals surface area contributed by atoms with E-state index in [9.17, 15) is 33.6 Å². The van der Waals surface area contributed by atoms with E-state index in [0.717, 1.165) is 19.6 Å². The summed E-state index contributed by atoms with van der Waals surface area (Å²) in [6.45, 7) is 0. The van der Waals surface area contributed by atoms with Crippen molar-refractivity contribution in [1.82, 2.24) is 15.3 Å². The molecule has 32 heavy (non-hydrogen) atoms. The van der Waals surface area contributed by atoms with E-state index in [4.69, 9.17) is 4.42 Å². The molecule has 0 spiro atoms. The number of aromatic nitrogens is 2. The average molecular weight is 491 g/mol. The van der Waals surface area contributed by atoms with Gasteiger partial charge in [0.2, 0.25) is 10.0 Å². The second-order valence-electron chi connectivity index (χ2n) is 7.00. The summed E-state index contributed by atoms with van der Waals surface area (Å²) < 4.78 is 28.9. The minimum atomic E-state index is -3.71. The van der Waals surface area contributed by atoms with Crippen molar-refractivity contribution in [2.75, 3.05) is 29.6 Å². The predicted molar refractivity (Wildman–Crippen MR) is 116 cm³/mol. The smallest absolute Gasteiger partial charge is 0.311 e. The fourth-order valence-corrected chi connectivity index (χ4v) is 3.54. The number of nitrogens with one attached hydrogen (secondary N) is 1. The molecular formula is C18H26N4O8S2. The van der Waals surface area contributed by atoms with Gasteiger partial charge in [-0.2, -0.15) is 16.7 Å². The zero-order chi connectivity index (χ0) is 24.1. The van der Waals surface area contributed by atoms with Gasteiger partial charge in [-0.3, -0.25) is 9.78 Å². The standard InChI is InChI=1S/C18H26N4O8S2/c1-22(32(3,28)29)17-20-12(10-30-17)16(26)21-18(27,15(25)13(23)6-9-31-2)14(24)11-4-7-19-8-5-11/h4-5,7-8,10,13-15,23-25,27H,6,9H2,1-3H3,(H,21,26). The number of pyridine rings is 1. The Bertz CT molecular complexity index is 1000. The molecule has 0 aliphatic heterocycles. The van der Waals surface area contributed by atoms with Crippen LogP contribution < -0.4 is 9.62 Å². The summed E-state index contributed by atoms with van der Waals surface area (Å²) in [7, 11) is -2.55. The number of sulfonamides is 1. The van der Waals surface area contributed by atoms with Crippen LogP contribution in [0.1, 0.15) is 28.6 Å². The van der Waals surface area contributed by atoms with Gasteiger partial charge in [0.1, 0.15) is 18.5 Å². The highest BCUT2D eigenvalue weighted by Gasteiger charge is 2.48. The van der Waals surface area contributed by atoms with Gasteiger partial charge in [-0.15, -0.1) is 0 Å². The van der Waals surface area contributed by atoms with Crippen LogP contribution in [0.2, 0.25) is 0 Å². The summed E-state index contributed by atoms with van der Waals surface area (Å²) in [5, 5.41) is 45.0. The molecule has 0 aromatic carbocycles. The number of rotatable bonds is 11. The Balaban J connectivity index is 2.36. The van der Waals surface area contributed by atoms with Crippen LogP contribution in [-0.4, -0.2) is 88.0 Å². The maximum Gasteiger partial charge on any atom is 0.311 e. The van der Waals surface area contributed by atoms with E-state index in [2.05, 4.69) is 15.3 Å². The van der Waals surface area contributed by atoms with Gasteiger partial charge in [0.25, 0.3) is 5.91 Å². The maximum absolute atomic E-state index is 12.7. The van der Waals surface area contributed by atoms with E-state index in [1.807, 2.05) is 0 Å². The molecule has 0 aliphatic rings. The summed E-state index contributed by atoms with van der Waals surface area (Å²) in [6, 6.07) is 2.31. The van der Waals surface area contributed by atoms with Gasteiger partial charge in [0.05, 0.1) is 12.4 Å². The molecule has 5 N–H and O–H groups in total. The number of thioether (sulfide) groups is 1. The van der Waals surface area contributed by atoms with Crippen LogP contribution >= 0.6 is 11.8 Å². The Kier molecular flexibility index (Phi) is 8.61. The molecule has 0 saturated carbocycles. The normalized spacial score (nSPS) is 16.6. The Labute approximate surface area is 189 Å². The number of aliphatic hydroxyl groups is 4. The molecule has 0 fully saturated rings. The first-order valence-electron chi connectivity index (χ1n) is 9.29. The molecular weight excluding hydrogens is 464 g/mol. The van der Waals surface area contributed by atoms with E-state index in [-0.39, 0.29) is 12.0 Å². The van der Waals surface area contributed by atoms with E-state index >= 15 is 0 Å². The lowest BCUT2D eigenvalue weighted by Crippen LogP contribution is -2.63. The van der Waals surface area contributed by atoms with Crippen molar-refractivity contribution in [1.29, 1.82) is 0 Å². The Morgan fingerprint density at radius 3 is 2.50 bits per heavy atom. The summed E-state index contributed by atoms with van der Waals surface area (Å²) in [5.74, 6) is -0.647. The van der Waals surface area contributed by atoms with Crippen LogP contribution in [0, 0.1) is 0 Å². The first kappa shape index (κ1) is 26.0. The van der Waals surface area contributed by atoms with Gasteiger partial charge in [-0.05, 0) is 36.1 Å². The molecule has 2 aromatic heterocycles. The van der Waals surface area contributed by atoms with E-state index in [1.54, 1.807) is 6.26 Å². The molecule has 2 rings (SSSR count). The fourth-order valence-electron chi connectivity index (χ4n) is 2.69. The van der Waals surface area contributed by atoms with Gasteiger partial charge in [0, 0.05) is 19.4 Å². The lowest BCUT2D eigenvalue weighted by molar-refractivity contribution is -0.190. The number of oxazole rings is 1. The highest BCUT2D eigenvalue weighted by Crippen LogP contribution is 2.30. The zero-order valence-electron chi connectivity index (χ0n) is 17.6. The fraction of sp³-hybridized carbons (Fsp3) is 0.500. The van der Waals surface area contributed by atoms with Crippen LogP contribution in [0.25, 0.3) is 0 Å². The third-order valence-electron chi connectivity index (χ3n) is 4.68. The van der Waals surface area contributed by atoms with Crippen LogP contribution in [0.15, 0.2) is 35.2 Å². The lowest BCUT2D eigenvalue weighted by atomic mass is 9.90. The van der Waals surface area contributed by atoms with Gasteiger partial charge in [-0.1, -0.05) is 0 Å². The van der Waals surface area contributed by atoms with Gasteiger partial charge in [-0.25, -0.2) is 12.7 Å². The second kappa shape index (κ2) is 10.6. The van der Waals surface area contributed by atoms with Crippen LogP contribution in [0.3, 0.4) is 0 Å². The quantitative estimate of drug-likeness (QED) is 0.246. The minimum Gasteiger partial charge on any atom is -0.430 e. The molecule has 4 atom stereocenters. The number of carbonyl (C=O) groups excluding carboxylic acids is 1. The monoisotopic (exact) mass is 490 g/mol. The number of nitrogens with zero attached hydrogens (tertiary/aromatic N) is 3. The van der Waals surface area contributed by atoms with E-state index in [1.165, 1.54) is 36.3 Å². The minimum absolute atomic E-state index is 0.0663. The van der Waals surface area contributed by atoms with Crippen LogP contribution in [-0.2, 0) is 10.0 Å². The molecule has 178 valence electrons. The average Bonchev–Trinajstić information content (AvgIpc) is 3.25. The highest BCUT2D eigenvalue weighted by atomic mass is 32.2. The third kappa shape index (κ3) is 5.96. The van der Waals surface area contributed by atoms with Gasteiger partial charge < -0.3 is 30.2 Å². The number of carbonyl (C=O) groups is 1. The molecule has 12 nitrogen and oxygen atoms in total. The van der Waals surface area contributed by atoms with Crippen molar-refractivity contribution in [2.24, 2.45) is 0 Å². The lowest BCUT2D eigenvalue weighted by Gasteiger charge is -2.39. The van der Waals surface area contributed by atoms with Crippen molar-refractivity contribution in [3.63, 3.8) is 0 Å². The Morgan fingerprint density at radius 1 is 1.31 bits per heavy atom. The molecule has 0 aliphatic carbocycles. The van der Waals surface area contributed by atoms with E-state index < -0.39 is 51.7 Å². The van der Waals surface area contributed by atoms with Crippen molar-refractivity contribution < 1.29 is 38.1 Å². The Morgan fingerprint density at radius 2 is 1.94 bits per heavy atom. The van der Waals surface area contributed by atoms with Crippen molar-refractivity contribution >= 4 is 33.7 Å². The van der Waals surface area contributed by atoms with Crippen molar-refractivity contribution in [3.8, 4) is 0 Å². The van der Waals surface area contributed by atoms with Gasteiger partial charge in [0.15, 0.2) is 11.4 Å². The molecule has 0 bridgehead atoms. The first-order chi connectivity index (χ1) is 14.9. The summed E-state index contributed by atoms with van der Waals surface area (Å²) in [6.07, 6.45) is 0.934. The molecule has 0 radical (unpaired) electrons. The van der Waals surface area contributed by atoms with Crippen LogP contribution in [0.4, 0.5) is 6.01 Å². The molecule has 14 heteroatoms. The SMILES string of the molecule is CSCCC(O)C(O)C(O)(NC(=O)c1coc(N(C)S(C)(=O)=O)n1)C(O)c1ccncc1. The first-order valence-corrected chi connectivity index (χ1v) is 12.5. The molecule has 2 heterocycles. The summed E-state index contributed by atoms with van der Waals surface area (Å²) >= 11 is 1.39. The third-order valence-corrected chi connectivity index (χ3v) is 6.47. The number of hydrogen-bond donors (Lipinski definition) is 5. The van der Waals surface area contributed by atoms with E-state index in [0.29, 0.717) is 10.1 Å². The van der Waals surface area contributed by atoms with Crippen molar-refractivity contribution in [3.05, 3.63) is 42.0 Å². The summed E-state index contributed by atoms with van der Waals surface area (Å²) in [4.78, 5) is 20.3. The largest absolute Gasteiger partial charge is 0.430 e. The Hall–Kier alpha value is -2.23. The second-order valence-corrected chi connectivity index (χ2v) is 10.0. The number of anilines is 1. The van der Waals surface area contributed by atoms with Crippen LogP contribution in [0.5, 0.6) is 0 Å². The molecule has 4 unspecified atom stereocenters. The van der Waals surface area contributed by atoms with Gasteiger partial charge >= 0.3 is 6.01 Å². The molecule has 0 saturated heterocycles. The number of hydrogen-bond acceptors (Lipinski definition) is 11. The topological polar surface area (TPSA) is 186 Å². The highest BCUT2D eigenvalue weighted by molar-refractivity contribution is 7.98. The predicted octanol–water partition coefficient (Wildman–Crippen LogP) is -0.908. The maximum atomic E-state index is 12.7. The molecule has 2 aromatic rings. The molecule has 1 amide bonds.